The van der Waals surface area contributed by atoms with Crippen molar-refractivity contribution >= 4 is 11.9 Å². The van der Waals surface area contributed by atoms with Crippen molar-refractivity contribution in [2.45, 2.75) is 32.7 Å². The number of nitrogens with one attached hydrogen (secondary N) is 1. The number of carboxylic acid groups (broad SMARTS) is 1. The third kappa shape index (κ3) is 3.15. The Hall–Kier alpha value is -2.11. The molecule has 0 saturated heterocycles. The summed E-state index contributed by atoms with van der Waals surface area (Å²) in [5, 5.41) is 16.3. The number of carbonyl (C=O) groups is 2. The molecule has 0 aromatic carbocycles. The zero-order valence-corrected chi connectivity index (χ0v) is 12.5. The maximum atomic E-state index is 12.4. The average molecular weight is 291 g/mol. The highest BCUT2D eigenvalue weighted by Crippen LogP contribution is 2.27. The third-order valence-electron chi connectivity index (χ3n) is 4.18. The topological polar surface area (TPSA) is 84.2 Å². The lowest BCUT2D eigenvalue weighted by molar-refractivity contribution is -0.147. The normalized spacial score (nSPS) is 22.8. The van der Waals surface area contributed by atoms with Gasteiger partial charge in [-0.05, 0) is 26.7 Å². The SMILES string of the molecule is Cc1c([C@@H](C)NC(=O)[C@@H]2CC=CC[C@@H]2C(=O)O)cnn1C. The number of nitrogens with zero attached hydrogens (tertiary/aromatic N) is 2. The number of allylic oxidation sites excluding steroid dienone is 2. The van der Waals surface area contributed by atoms with Crippen LogP contribution in [0.2, 0.25) is 0 Å². The fourth-order valence-electron chi connectivity index (χ4n) is 2.72. The van der Waals surface area contributed by atoms with Crippen LogP contribution in [-0.2, 0) is 16.6 Å². The van der Waals surface area contributed by atoms with Crippen molar-refractivity contribution in [3.8, 4) is 0 Å². The van der Waals surface area contributed by atoms with Crippen LogP contribution in [0.15, 0.2) is 18.3 Å². The zero-order valence-electron chi connectivity index (χ0n) is 12.5. The molecule has 0 fully saturated rings. The molecule has 6 heteroatoms. The first kappa shape index (κ1) is 15.3. The zero-order chi connectivity index (χ0) is 15.6. The van der Waals surface area contributed by atoms with Gasteiger partial charge in [0.15, 0.2) is 0 Å². The molecule has 0 radical (unpaired) electrons. The summed E-state index contributed by atoms with van der Waals surface area (Å²) in [5.41, 5.74) is 1.94. The Balaban J connectivity index is 2.08. The number of hydrogen-bond acceptors (Lipinski definition) is 3. The van der Waals surface area contributed by atoms with Gasteiger partial charge >= 0.3 is 5.97 Å². The molecule has 1 aromatic rings. The molecule has 1 aliphatic carbocycles. The summed E-state index contributed by atoms with van der Waals surface area (Å²) in [7, 11) is 1.85. The highest BCUT2D eigenvalue weighted by Gasteiger charge is 2.34. The largest absolute Gasteiger partial charge is 0.481 e. The molecule has 3 atom stereocenters. The Morgan fingerprint density at radius 2 is 2.00 bits per heavy atom. The van der Waals surface area contributed by atoms with E-state index >= 15 is 0 Å². The van der Waals surface area contributed by atoms with Crippen LogP contribution in [0.25, 0.3) is 0 Å². The van der Waals surface area contributed by atoms with E-state index in [4.69, 9.17) is 0 Å². The second kappa shape index (κ2) is 6.11. The lowest BCUT2D eigenvalue weighted by atomic mass is 9.82. The van der Waals surface area contributed by atoms with Crippen LogP contribution in [0.1, 0.15) is 37.1 Å². The molecule has 0 saturated carbocycles. The molecule has 114 valence electrons. The predicted molar refractivity (Wildman–Crippen MR) is 77.5 cm³/mol. The number of aliphatic carboxylic acids is 1. The molecule has 0 bridgehead atoms. The Bertz CT molecular complexity index is 577. The second-order valence-electron chi connectivity index (χ2n) is 5.53. The van der Waals surface area contributed by atoms with Crippen molar-refractivity contribution in [2.75, 3.05) is 0 Å². The Morgan fingerprint density at radius 3 is 2.52 bits per heavy atom. The lowest BCUT2D eigenvalue weighted by Crippen LogP contribution is -2.39. The molecule has 1 aromatic heterocycles. The van der Waals surface area contributed by atoms with Gasteiger partial charge in [0.25, 0.3) is 0 Å². The van der Waals surface area contributed by atoms with Crippen molar-refractivity contribution in [1.29, 1.82) is 0 Å². The molecule has 0 unspecified atom stereocenters. The van der Waals surface area contributed by atoms with E-state index in [1.165, 1.54) is 0 Å². The number of amides is 1. The summed E-state index contributed by atoms with van der Waals surface area (Å²) < 4.78 is 1.75. The van der Waals surface area contributed by atoms with Crippen LogP contribution in [-0.4, -0.2) is 26.8 Å². The summed E-state index contributed by atoms with van der Waals surface area (Å²) in [5.74, 6) is -2.27. The standard InChI is InChI=1S/C15H21N3O3/c1-9(13-8-16-18(3)10(13)2)17-14(19)11-6-4-5-7-12(11)15(20)21/h4-5,8-9,11-12H,6-7H2,1-3H3,(H,17,19)(H,20,21)/t9-,11-,12+/m1/s1. The molecule has 0 aliphatic heterocycles. The molecule has 21 heavy (non-hydrogen) atoms. The van der Waals surface area contributed by atoms with Gasteiger partial charge in [0.2, 0.25) is 5.91 Å². The van der Waals surface area contributed by atoms with Crippen LogP contribution >= 0.6 is 0 Å². The van der Waals surface area contributed by atoms with E-state index in [2.05, 4.69) is 10.4 Å². The van der Waals surface area contributed by atoms with E-state index in [1.54, 1.807) is 10.9 Å². The van der Waals surface area contributed by atoms with Gasteiger partial charge in [-0.25, -0.2) is 0 Å². The molecule has 1 heterocycles. The van der Waals surface area contributed by atoms with Gasteiger partial charge in [-0.1, -0.05) is 12.2 Å². The fraction of sp³-hybridized carbons (Fsp3) is 0.533. The van der Waals surface area contributed by atoms with Gasteiger partial charge in [0.1, 0.15) is 0 Å². The number of carbonyl (C=O) groups excluding carboxylic acids is 1. The predicted octanol–water partition coefficient (Wildman–Crippen LogP) is 1.57. The maximum Gasteiger partial charge on any atom is 0.307 e. The van der Waals surface area contributed by atoms with E-state index < -0.39 is 17.8 Å². The van der Waals surface area contributed by atoms with Crippen LogP contribution in [0.5, 0.6) is 0 Å². The van der Waals surface area contributed by atoms with Gasteiger partial charge < -0.3 is 10.4 Å². The molecule has 6 nitrogen and oxygen atoms in total. The van der Waals surface area contributed by atoms with Gasteiger partial charge in [-0.2, -0.15) is 5.10 Å². The van der Waals surface area contributed by atoms with E-state index in [9.17, 15) is 14.7 Å². The fourth-order valence-corrected chi connectivity index (χ4v) is 2.72. The van der Waals surface area contributed by atoms with E-state index in [-0.39, 0.29) is 11.9 Å². The molecule has 0 spiro atoms. The quantitative estimate of drug-likeness (QED) is 0.825. The molecule has 1 aliphatic rings. The number of carboxylic acids is 1. The second-order valence-corrected chi connectivity index (χ2v) is 5.53. The number of aryl methyl sites for hydroxylation is 1. The van der Waals surface area contributed by atoms with Gasteiger partial charge in [0, 0.05) is 18.3 Å². The Morgan fingerprint density at radius 1 is 1.38 bits per heavy atom. The van der Waals surface area contributed by atoms with Crippen molar-refractivity contribution in [1.82, 2.24) is 15.1 Å². The number of rotatable bonds is 4. The molecule has 2 rings (SSSR count). The summed E-state index contributed by atoms with van der Waals surface area (Å²) in [6.45, 7) is 3.82. The first-order valence-corrected chi connectivity index (χ1v) is 7.08. The lowest BCUT2D eigenvalue weighted by Gasteiger charge is -2.26. The average Bonchev–Trinajstić information content (AvgIpc) is 2.79. The van der Waals surface area contributed by atoms with E-state index in [0.29, 0.717) is 12.8 Å². The smallest absolute Gasteiger partial charge is 0.307 e. The van der Waals surface area contributed by atoms with Crippen molar-refractivity contribution < 1.29 is 14.7 Å². The highest BCUT2D eigenvalue weighted by molar-refractivity contribution is 5.85. The molecular weight excluding hydrogens is 270 g/mol. The van der Waals surface area contributed by atoms with Crippen LogP contribution in [0.3, 0.4) is 0 Å². The minimum Gasteiger partial charge on any atom is -0.481 e. The first-order chi connectivity index (χ1) is 9.91. The Kier molecular flexibility index (Phi) is 4.45. The van der Waals surface area contributed by atoms with E-state index in [0.717, 1.165) is 11.3 Å². The Labute approximate surface area is 123 Å². The number of hydrogen-bond donors (Lipinski definition) is 2. The van der Waals surface area contributed by atoms with Gasteiger partial charge in [0.05, 0.1) is 24.1 Å². The summed E-state index contributed by atoms with van der Waals surface area (Å²) in [6, 6.07) is -0.188. The summed E-state index contributed by atoms with van der Waals surface area (Å²) >= 11 is 0. The number of aromatic nitrogens is 2. The first-order valence-electron chi connectivity index (χ1n) is 7.08. The van der Waals surface area contributed by atoms with Crippen LogP contribution in [0.4, 0.5) is 0 Å². The summed E-state index contributed by atoms with van der Waals surface area (Å²) in [4.78, 5) is 23.6. The van der Waals surface area contributed by atoms with Crippen molar-refractivity contribution in [3.63, 3.8) is 0 Å². The summed E-state index contributed by atoms with van der Waals surface area (Å²) in [6.07, 6.45) is 6.33. The molecular formula is C15H21N3O3. The van der Waals surface area contributed by atoms with Gasteiger partial charge in [-0.3, -0.25) is 14.3 Å². The monoisotopic (exact) mass is 291 g/mol. The minimum absolute atomic E-state index is 0.188. The van der Waals surface area contributed by atoms with E-state index in [1.807, 2.05) is 33.0 Å². The van der Waals surface area contributed by atoms with Crippen LogP contribution in [0, 0.1) is 18.8 Å². The van der Waals surface area contributed by atoms with Crippen molar-refractivity contribution in [2.24, 2.45) is 18.9 Å². The molecule has 2 N–H and O–H groups in total. The minimum atomic E-state index is -0.912. The highest BCUT2D eigenvalue weighted by atomic mass is 16.4. The van der Waals surface area contributed by atoms with Crippen molar-refractivity contribution in [3.05, 3.63) is 29.6 Å². The third-order valence-corrected chi connectivity index (χ3v) is 4.18. The molecule has 1 amide bonds. The maximum absolute atomic E-state index is 12.4. The van der Waals surface area contributed by atoms with Gasteiger partial charge in [-0.15, -0.1) is 0 Å². The van der Waals surface area contributed by atoms with Crippen LogP contribution < -0.4 is 5.32 Å².